The summed E-state index contributed by atoms with van der Waals surface area (Å²) in [5.74, 6) is 1.93. The topological polar surface area (TPSA) is 17.1 Å². The Kier molecular flexibility index (Phi) is 1.37. The molecule has 0 aromatic carbocycles. The number of carbonyl (C=O) groups is 1. The monoisotopic (exact) mass is 136 g/mol. The molecule has 1 heteroatoms. The normalized spacial score (nSPS) is 38.2. The highest BCUT2D eigenvalue weighted by atomic mass is 16.1. The molecule has 2 atom stereocenters. The molecular formula is C9H12O. The van der Waals surface area contributed by atoms with Gasteiger partial charge in [0.05, 0.1) is 0 Å². The first kappa shape index (κ1) is 6.14. The molecule has 0 amide bonds. The molecule has 1 saturated carbocycles. The van der Waals surface area contributed by atoms with E-state index in [2.05, 4.69) is 6.08 Å². The Morgan fingerprint density at radius 2 is 2.20 bits per heavy atom. The van der Waals surface area contributed by atoms with Gasteiger partial charge in [-0.25, -0.2) is 0 Å². The Bertz CT molecular complexity index is 181. The maximum absolute atomic E-state index is 10.9. The van der Waals surface area contributed by atoms with Crippen LogP contribution in [-0.2, 0) is 4.79 Å². The molecule has 0 aromatic heterocycles. The summed E-state index contributed by atoms with van der Waals surface area (Å²) in [4.78, 5) is 10.9. The highest BCUT2D eigenvalue weighted by molar-refractivity contribution is 5.89. The molecule has 10 heavy (non-hydrogen) atoms. The van der Waals surface area contributed by atoms with Crippen LogP contribution in [0.25, 0.3) is 0 Å². The van der Waals surface area contributed by atoms with Gasteiger partial charge in [0.25, 0.3) is 0 Å². The Morgan fingerprint density at radius 3 is 2.90 bits per heavy atom. The third-order valence-corrected chi connectivity index (χ3v) is 2.77. The van der Waals surface area contributed by atoms with E-state index in [4.69, 9.17) is 0 Å². The van der Waals surface area contributed by atoms with Crippen LogP contribution < -0.4 is 0 Å². The third-order valence-electron chi connectivity index (χ3n) is 2.77. The first-order chi connectivity index (χ1) is 4.86. The molecule has 1 nitrogen and oxygen atoms in total. The van der Waals surface area contributed by atoms with Crippen molar-refractivity contribution in [2.45, 2.75) is 25.7 Å². The summed E-state index contributed by atoms with van der Waals surface area (Å²) in [6, 6.07) is 0. The molecular weight excluding hydrogens is 124 g/mol. The Labute approximate surface area is 61.1 Å². The fourth-order valence-corrected chi connectivity index (χ4v) is 1.85. The zero-order valence-corrected chi connectivity index (χ0v) is 6.05. The van der Waals surface area contributed by atoms with Crippen LogP contribution in [0, 0.1) is 11.8 Å². The number of fused-ring (bicyclic) bond motifs is 1. The third kappa shape index (κ3) is 0.898. The smallest absolute Gasteiger partial charge is 0.155 e. The molecule has 0 unspecified atom stereocenters. The number of hydrogen-bond acceptors (Lipinski definition) is 1. The molecule has 0 N–H and O–H groups in total. The van der Waals surface area contributed by atoms with E-state index in [-0.39, 0.29) is 0 Å². The fourth-order valence-electron chi connectivity index (χ4n) is 1.85. The second kappa shape index (κ2) is 2.22. The second-order valence-electron chi connectivity index (χ2n) is 3.37. The lowest BCUT2D eigenvalue weighted by Crippen LogP contribution is -2.22. The van der Waals surface area contributed by atoms with Gasteiger partial charge in [-0.3, -0.25) is 4.79 Å². The summed E-state index contributed by atoms with van der Waals surface area (Å²) in [5.41, 5.74) is 0. The van der Waals surface area contributed by atoms with Gasteiger partial charge in [0.2, 0.25) is 0 Å². The highest BCUT2D eigenvalue weighted by Crippen LogP contribution is 2.39. The van der Waals surface area contributed by atoms with Crippen LogP contribution in [0.15, 0.2) is 12.2 Å². The maximum Gasteiger partial charge on any atom is 0.155 e. The van der Waals surface area contributed by atoms with Gasteiger partial charge in [-0.1, -0.05) is 6.08 Å². The Hall–Kier alpha value is -0.590. The number of allylic oxidation sites excluding steroid dienone is 2. The van der Waals surface area contributed by atoms with Crippen molar-refractivity contribution in [2.75, 3.05) is 0 Å². The van der Waals surface area contributed by atoms with E-state index in [1.54, 1.807) is 6.08 Å². The molecule has 2 rings (SSSR count). The van der Waals surface area contributed by atoms with Crippen molar-refractivity contribution >= 4 is 5.78 Å². The first-order valence-electron chi connectivity index (χ1n) is 4.07. The summed E-state index contributed by atoms with van der Waals surface area (Å²) in [6.07, 6.45) is 8.48. The van der Waals surface area contributed by atoms with Gasteiger partial charge >= 0.3 is 0 Å². The van der Waals surface area contributed by atoms with E-state index in [1.165, 1.54) is 12.8 Å². The van der Waals surface area contributed by atoms with E-state index >= 15 is 0 Å². The van der Waals surface area contributed by atoms with Crippen LogP contribution in [0.4, 0.5) is 0 Å². The minimum Gasteiger partial charge on any atom is -0.295 e. The van der Waals surface area contributed by atoms with Crippen LogP contribution in [0.2, 0.25) is 0 Å². The molecule has 0 heterocycles. The predicted molar refractivity (Wildman–Crippen MR) is 39.6 cm³/mol. The lowest BCUT2D eigenvalue weighted by Gasteiger charge is -2.33. The van der Waals surface area contributed by atoms with Gasteiger partial charge in [0.1, 0.15) is 0 Å². The minimum absolute atomic E-state index is 0.328. The average Bonchev–Trinajstić information content (AvgIpc) is 1.94. The molecule has 2 aliphatic carbocycles. The summed E-state index contributed by atoms with van der Waals surface area (Å²) < 4.78 is 0. The molecule has 0 radical (unpaired) electrons. The zero-order chi connectivity index (χ0) is 6.97. The SMILES string of the molecule is O=C1C=C[C@@H]2CC[C@H]2CC1. The van der Waals surface area contributed by atoms with Crippen LogP contribution in [0.5, 0.6) is 0 Å². The van der Waals surface area contributed by atoms with E-state index in [0.717, 1.165) is 24.7 Å². The predicted octanol–water partition coefficient (Wildman–Crippen LogP) is 1.93. The van der Waals surface area contributed by atoms with Crippen molar-refractivity contribution < 1.29 is 4.79 Å². The lowest BCUT2D eigenvalue weighted by molar-refractivity contribution is -0.114. The Morgan fingerprint density at radius 1 is 1.30 bits per heavy atom. The largest absolute Gasteiger partial charge is 0.295 e. The minimum atomic E-state index is 0.328. The first-order valence-corrected chi connectivity index (χ1v) is 4.07. The van der Waals surface area contributed by atoms with E-state index < -0.39 is 0 Å². The van der Waals surface area contributed by atoms with Crippen molar-refractivity contribution in [1.29, 1.82) is 0 Å². The second-order valence-corrected chi connectivity index (χ2v) is 3.37. The lowest BCUT2D eigenvalue weighted by atomic mass is 9.72. The van der Waals surface area contributed by atoms with Crippen molar-refractivity contribution in [1.82, 2.24) is 0 Å². The van der Waals surface area contributed by atoms with Crippen molar-refractivity contribution in [3.63, 3.8) is 0 Å². The van der Waals surface area contributed by atoms with Crippen molar-refractivity contribution in [3.05, 3.63) is 12.2 Å². The van der Waals surface area contributed by atoms with Crippen LogP contribution in [0.1, 0.15) is 25.7 Å². The summed E-state index contributed by atoms with van der Waals surface area (Å²) in [7, 11) is 0. The van der Waals surface area contributed by atoms with Crippen molar-refractivity contribution in [3.8, 4) is 0 Å². The number of ketones is 1. The molecule has 0 aliphatic heterocycles. The molecule has 0 bridgehead atoms. The average molecular weight is 136 g/mol. The van der Waals surface area contributed by atoms with E-state index in [9.17, 15) is 4.79 Å². The Balaban J connectivity index is 2.09. The number of hydrogen-bond donors (Lipinski definition) is 0. The van der Waals surface area contributed by atoms with E-state index in [0.29, 0.717) is 5.78 Å². The van der Waals surface area contributed by atoms with Crippen LogP contribution in [-0.4, -0.2) is 5.78 Å². The molecule has 1 fully saturated rings. The summed E-state index contributed by atoms with van der Waals surface area (Å²) >= 11 is 0. The molecule has 0 saturated heterocycles. The quantitative estimate of drug-likeness (QED) is 0.497. The zero-order valence-electron chi connectivity index (χ0n) is 6.05. The van der Waals surface area contributed by atoms with Gasteiger partial charge in [-0.2, -0.15) is 0 Å². The van der Waals surface area contributed by atoms with Crippen molar-refractivity contribution in [2.24, 2.45) is 11.8 Å². The number of rotatable bonds is 0. The molecule has 2 aliphatic rings. The standard InChI is InChI=1S/C9H12O/c10-9-5-3-7-1-2-8(7)4-6-9/h3,5,7-8H,1-2,4,6H2/t7-,8-/m0/s1. The highest BCUT2D eigenvalue weighted by Gasteiger charge is 2.30. The summed E-state index contributed by atoms with van der Waals surface area (Å²) in [5, 5.41) is 0. The molecule has 0 aromatic rings. The molecule has 0 spiro atoms. The maximum atomic E-state index is 10.9. The summed E-state index contributed by atoms with van der Waals surface area (Å²) in [6.45, 7) is 0. The van der Waals surface area contributed by atoms with Gasteiger partial charge in [0, 0.05) is 6.42 Å². The number of carbonyl (C=O) groups excluding carboxylic acids is 1. The van der Waals surface area contributed by atoms with E-state index in [1.807, 2.05) is 0 Å². The van der Waals surface area contributed by atoms with Gasteiger partial charge in [-0.15, -0.1) is 0 Å². The molecule has 54 valence electrons. The van der Waals surface area contributed by atoms with Gasteiger partial charge in [-0.05, 0) is 37.2 Å². The van der Waals surface area contributed by atoms with Crippen LogP contribution in [0.3, 0.4) is 0 Å². The van der Waals surface area contributed by atoms with Crippen LogP contribution >= 0.6 is 0 Å². The van der Waals surface area contributed by atoms with Gasteiger partial charge < -0.3 is 0 Å². The fraction of sp³-hybridized carbons (Fsp3) is 0.667. The van der Waals surface area contributed by atoms with Gasteiger partial charge in [0.15, 0.2) is 5.78 Å².